The highest BCUT2D eigenvalue weighted by Crippen LogP contribution is 2.36. The molecule has 0 bridgehead atoms. The van der Waals surface area contributed by atoms with Crippen molar-refractivity contribution >= 4 is 11.0 Å². The zero-order chi connectivity index (χ0) is 14.1. The standard InChI is InChI=1S/C17H23NO2/c1-4-14-13(7-8-19-14)17(18-3)16-10-12-9-11(2)5-6-15(12)20-16/h5-6,9-10,13-14,17-18H,4,7-8H2,1-3H3. The summed E-state index contributed by atoms with van der Waals surface area (Å²) in [5, 5.41) is 4.61. The van der Waals surface area contributed by atoms with Gasteiger partial charge in [0.05, 0.1) is 12.1 Å². The minimum Gasteiger partial charge on any atom is -0.459 e. The van der Waals surface area contributed by atoms with E-state index in [1.807, 2.05) is 7.05 Å². The number of fused-ring (bicyclic) bond motifs is 1. The molecular formula is C17H23NO2. The predicted molar refractivity (Wildman–Crippen MR) is 80.9 cm³/mol. The summed E-state index contributed by atoms with van der Waals surface area (Å²) >= 11 is 0. The molecule has 108 valence electrons. The molecule has 3 atom stereocenters. The monoisotopic (exact) mass is 273 g/mol. The van der Waals surface area contributed by atoms with E-state index in [0.717, 1.165) is 30.8 Å². The third-order valence-corrected chi connectivity index (χ3v) is 4.40. The van der Waals surface area contributed by atoms with E-state index < -0.39 is 0 Å². The summed E-state index contributed by atoms with van der Waals surface area (Å²) < 4.78 is 11.9. The average Bonchev–Trinajstić information content (AvgIpc) is 3.05. The molecule has 3 unspecified atom stereocenters. The fourth-order valence-electron chi connectivity index (χ4n) is 3.37. The first-order chi connectivity index (χ1) is 9.72. The van der Waals surface area contributed by atoms with E-state index in [9.17, 15) is 0 Å². The van der Waals surface area contributed by atoms with E-state index in [1.54, 1.807) is 0 Å². The van der Waals surface area contributed by atoms with Gasteiger partial charge in [0.2, 0.25) is 0 Å². The molecule has 1 aliphatic rings. The summed E-state index contributed by atoms with van der Waals surface area (Å²) in [6, 6.07) is 8.74. The number of hydrogen-bond donors (Lipinski definition) is 1. The first kappa shape index (κ1) is 13.7. The second-order valence-corrected chi connectivity index (χ2v) is 5.73. The molecular weight excluding hydrogens is 250 g/mol. The minimum absolute atomic E-state index is 0.232. The van der Waals surface area contributed by atoms with Gasteiger partial charge in [-0.25, -0.2) is 0 Å². The SMILES string of the molecule is CCC1OCCC1C(NC)c1cc2cc(C)ccc2o1. The van der Waals surface area contributed by atoms with Crippen molar-refractivity contribution in [3.8, 4) is 0 Å². The summed E-state index contributed by atoms with van der Waals surface area (Å²) in [5.41, 5.74) is 2.24. The molecule has 0 spiro atoms. The maximum absolute atomic E-state index is 6.06. The smallest absolute Gasteiger partial charge is 0.134 e. The lowest BCUT2D eigenvalue weighted by atomic mass is 9.89. The van der Waals surface area contributed by atoms with Crippen LogP contribution in [0.5, 0.6) is 0 Å². The highest BCUT2D eigenvalue weighted by atomic mass is 16.5. The van der Waals surface area contributed by atoms with E-state index in [2.05, 4.69) is 43.4 Å². The van der Waals surface area contributed by atoms with Crippen molar-refractivity contribution < 1.29 is 9.15 Å². The molecule has 1 fully saturated rings. The van der Waals surface area contributed by atoms with Gasteiger partial charge < -0.3 is 14.5 Å². The predicted octanol–water partition coefficient (Wildman–Crippen LogP) is 3.82. The lowest BCUT2D eigenvalue weighted by Gasteiger charge is -2.25. The van der Waals surface area contributed by atoms with Crippen molar-refractivity contribution in [2.45, 2.75) is 38.8 Å². The minimum atomic E-state index is 0.232. The Kier molecular flexibility index (Phi) is 3.81. The molecule has 0 radical (unpaired) electrons. The van der Waals surface area contributed by atoms with Crippen molar-refractivity contribution in [3.05, 3.63) is 35.6 Å². The normalized spacial score (nSPS) is 24.4. The fraction of sp³-hybridized carbons (Fsp3) is 0.529. The summed E-state index contributed by atoms with van der Waals surface area (Å²) in [7, 11) is 2.01. The largest absolute Gasteiger partial charge is 0.459 e. The third-order valence-electron chi connectivity index (χ3n) is 4.40. The van der Waals surface area contributed by atoms with Crippen LogP contribution in [0.25, 0.3) is 11.0 Å². The third kappa shape index (κ3) is 2.36. The highest BCUT2D eigenvalue weighted by molar-refractivity contribution is 5.78. The van der Waals surface area contributed by atoms with Gasteiger partial charge in [0.25, 0.3) is 0 Å². The molecule has 1 saturated heterocycles. The Hall–Kier alpha value is -1.32. The summed E-state index contributed by atoms with van der Waals surface area (Å²) in [6.07, 6.45) is 2.49. The van der Waals surface area contributed by atoms with Crippen LogP contribution in [0.3, 0.4) is 0 Å². The molecule has 3 heteroatoms. The van der Waals surface area contributed by atoms with Crippen molar-refractivity contribution in [2.75, 3.05) is 13.7 Å². The quantitative estimate of drug-likeness (QED) is 0.919. The molecule has 0 saturated carbocycles. The van der Waals surface area contributed by atoms with Gasteiger partial charge in [-0.05, 0) is 45.0 Å². The van der Waals surface area contributed by atoms with Gasteiger partial charge in [-0.15, -0.1) is 0 Å². The Balaban J connectivity index is 1.94. The van der Waals surface area contributed by atoms with E-state index >= 15 is 0 Å². The molecule has 0 aliphatic carbocycles. The van der Waals surface area contributed by atoms with E-state index in [-0.39, 0.29) is 6.04 Å². The van der Waals surface area contributed by atoms with Crippen LogP contribution < -0.4 is 5.32 Å². The Morgan fingerprint density at radius 1 is 1.35 bits per heavy atom. The number of rotatable bonds is 4. The summed E-state index contributed by atoms with van der Waals surface area (Å²) in [6.45, 7) is 5.16. The van der Waals surface area contributed by atoms with Gasteiger partial charge in [0.15, 0.2) is 0 Å². The zero-order valence-electron chi connectivity index (χ0n) is 12.5. The van der Waals surface area contributed by atoms with Crippen molar-refractivity contribution in [3.63, 3.8) is 0 Å². The van der Waals surface area contributed by atoms with Gasteiger partial charge >= 0.3 is 0 Å². The number of nitrogens with one attached hydrogen (secondary N) is 1. The molecule has 1 aromatic heterocycles. The number of hydrogen-bond acceptors (Lipinski definition) is 3. The maximum Gasteiger partial charge on any atom is 0.134 e. The van der Waals surface area contributed by atoms with E-state index in [4.69, 9.17) is 9.15 Å². The molecule has 0 amide bonds. The first-order valence-corrected chi connectivity index (χ1v) is 7.52. The molecule has 20 heavy (non-hydrogen) atoms. The van der Waals surface area contributed by atoms with Gasteiger partial charge in [-0.3, -0.25) is 0 Å². The molecule has 1 aliphatic heterocycles. The van der Waals surface area contributed by atoms with Crippen molar-refractivity contribution in [1.29, 1.82) is 0 Å². The fourth-order valence-corrected chi connectivity index (χ4v) is 3.37. The maximum atomic E-state index is 6.06. The second kappa shape index (κ2) is 5.58. The Bertz CT molecular complexity index is 590. The van der Waals surface area contributed by atoms with Crippen molar-refractivity contribution in [2.24, 2.45) is 5.92 Å². The molecule has 1 N–H and O–H groups in total. The number of furan rings is 1. The topological polar surface area (TPSA) is 34.4 Å². The lowest BCUT2D eigenvalue weighted by molar-refractivity contribution is 0.0759. The van der Waals surface area contributed by atoms with Crippen LogP contribution >= 0.6 is 0 Å². The highest BCUT2D eigenvalue weighted by Gasteiger charge is 2.35. The van der Waals surface area contributed by atoms with Gasteiger partial charge in [0, 0.05) is 17.9 Å². The molecule has 2 heterocycles. The summed E-state index contributed by atoms with van der Waals surface area (Å²) in [5.74, 6) is 1.52. The second-order valence-electron chi connectivity index (χ2n) is 5.73. The summed E-state index contributed by atoms with van der Waals surface area (Å²) in [4.78, 5) is 0. The number of ether oxygens (including phenoxy) is 1. The number of aryl methyl sites for hydroxylation is 1. The van der Waals surface area contributed by atoms with Gasteiger partial charge in [-0.2, -0.15) is 0 Å². The Morgan fingerprint density at radius 3 is 2.95 bits per heavy atom. The van der Waals surface area contributed by atoms with Crippen LogP contribution in [0, 0.1) is 12.8 Å². The molecule has 1 aromatic carbocycles. The average molecular weight is 273 g/mol. The van der Waals surface area contributed by atoms with Crippen LogP contribution in [0.4, 0.5) is 0 Å². The lowest BCUT2D eigenvalue weighted by Crippen LogP contribution is -2.30. The van der Waals surface area contributed by atoms with Crippen LogP contribution in [0.2, 0.25) is 0 Å². The number of benzene rings is 1. The van der Waals surface area contributed by atoms with Gasteiger partial charge in [-0.1, -0.05) is 18.6 Å². The Labute approximate surface area is 120 Å². The molecule has 3 rings (SSSR count). The van der Waals surface area contributed by atoms with Crippen LogP contribution in [-0.2, 0) is 4.74 Å². The van der Waals surface area contributed by atoms with Crippen LogP contribution in [0.1, 0.15) is 37.1 Å². The molecule has 3 nitrogen and oxygen atoms in total. The van der Waals surface area contributed by atoms with Crippen LogP contribution in [0.15, 0.2) is 28.7 Å². The van der Waals surface area contributed by atoms with Gasteiger partial charge in [0.1, 0.15) is 11.3 Å². The van der Waals surface area contributed by atoms with E-state index in [1.165, 1.54) is 10.9 Å². The molecule has 2 aromatic rings. The Morgan fingerprint density at radius 2 is 2.20 bits per heavy atom. The van der Waals surface area contributed by atoms with Crippen molar-refractivity contribution in [1.82, 2.24) is 5.32 Å². The van der Waals surface area contributed by atoms with Crippen LogP contribution in [-0.4, -0.2) is 19.8 Å². The first-order valence-electron chi connectivity index (χ1n) is 7.52. The van der Waals surface area contributed by atoms with E-state index in [0.29, 0.717) is 12.0 Å². The zero-order valence-corrected chi connectivity index (χ0v) is 12.5.